The molecule has 1 heterocycles. The Bertz CT molecular complexity index is 341. The lowest BCUT2D eigenvalue weighted by Gasteiger charge is -2.64. The fourth-order valence-corrected chi connectivity index (χ4v) is 4.38. The van der Waals surface area contributed by atoms with E-state index in [9.17, 15) is 0 Å². The third-order valence-corrected chi connectivity index (χ3v) is 5.77. The summed E-state index contributed by atoms with van der Waals surface area (Å²) in [7, 11) is -0.0717. The van der Waals surface area contributed by atoms with Gasteiger partial charge in [0.1, 0.15) is 0 Å². The fourth-order valence-electron chi connectivity index (χ4n) is 4.38. The fraction of sp³-hybridized carbons (Fsp3) is 0.933. The molecule has 3 heteroatoms. The molecule has 18 heavy (non-hydrogen) atoms. The second-order valence-electron chi connectivity index (χ2n) is 7.70. The monoisotopic (exact) mass is 249 g/mol. The van der Waals surface area contributed by atoms with Gasteiger partial charge in [0.25, 0.3) is 0 Å². The Morgan fingerprint density at radius 2 is 2.00 bits per heavy atom. The van der Waals surface area contributed by atoms with Crippen LogP contribution in [0.25, 0.3) is 0 Å². The molecule has 3 aliphatic carbocycles. The van der Waals surface area contributed by atoms with Crippen molar-refractivity contribution in [2.75, 3.05) is 0 Å². The van der Waals surface area contributed by atoms with Crippen LogP contribution < -0.4 is 0 Å². The van der Waals surface area contributed by atoms with Crippen molar-refractivity contribution in [1.82, 2.24) is 0 Å². The standard InChI is InChI=1S/C15H26BO2/c1-10(2)6-7-16-17-13-9-11-8-12(14(11,3)4)15(13,5)18-16/h7,10-13H,6,8-9H2,1-5H3/t11-,12-,13+,15-/m0/s1. The summed E-state index contributed by atoms with van der Waals surface area (Å²) in [6, 6.07) is 0. The zero-order valence-electron chi connectivity index (χ0n) is 12.4. The highest BCUT2D eigenvalue weighted by Gasteiger charge is 2.67. The van der Waals surface area contributed by atoms with Crippen LogP contribution in [0.2, 0.25) is 0 Å². The van der Waals surface area contributed by atoms with Crippen molar-refractivity contribution in [3.63, 3.8) is 0 Å². The highest BCUT2D eigenvalue weighted by Crippen LogP contribution is 2.65. The van der Waals surface area contributed by atoms with Crippen LogP contribution in [0.3, 0.4) is 0 Å². The summed E-state index contributed by atoms with van der Waals surface area (Å²) in [6.07, 6.45) is 6.14. The predicted octanol–water partition coefficient (Wildman–Crippen LogP) is 3.50. The molecule has 101 valence electrons. The van der Waals surface area contributed by atoms with Crippen LogP contribution in [0, 0.1) is 29.5 Å². The summed E-state index contributed by atoms with van der Waals surface area (Å²) in [5, 5.41) is 0. The lowest BCUT2D eigenvalue weighted by molar-refractivity contribution is -0.199. The topological polar surface area (TPSA) is 18.5 Å². The van der Waals surface area contributed by atoms with E-state index >= 15 is 0 Å². The van der Waals surface area contributed by atoms with E-state index in [2.05, 4.69) is 40.9 Å². The third kappa shape index (κ3) is 1.70. The molecule has 1 saturated heterocycles. The van der Waals surface area contributed by atoms with Gasteiger partial charge in [-0.2, -0.15) is 0 Å². The maximum Gasteiger partial charge on any atom is 0.460 e. The van der Waals surface area contributed by atoms with E-state index in [0.29, 0.717) is 23.4 Å². The van der Waals surface area contributed by atoms with E-state index in [0.717, 1.165) is 12.3 Å². The smallest absolute Gasteiger partial charge is 0.405 e. The molecule has 4 atom stereocenters. The quantitative estimate of drug-likeness (QED) is 0.712. The minimum Gasteiger partial charge on any atom is -0.405 e. The maximum absolute atomic E-state index is 6.31. The Kier molecular flexibility index (Phi) is 2.88. The van der Waals surface area contributed by atoms with Gasteiger partial charge >= 0.3 is 7.12 Å². The van der Waals surface area contributed by atoms with Gasteiger partial charge in [-0.05, 0) is 55.7 Å². The molecule has 1 radical (unpaired) electrons. The van der Waals surface area contributed by atoms with E-state index in [1.165, 1.54) is 12.8 Å². The van der Waals surface area contributed by atoms with Crippen molar-refractivity contribution in [2.24, 2.45) is 23.2 Å². The van der Waals surface area contributed by atoms with Gasteiger partial charge in [0, 0.05) is 0 Å². The largest absolute Gasteiger partial charge is 0.460 e. The number of rotatable bonds is 3. The van der Waals surface area contributed by atoms with E-state index in [1.54, 1.807) is 0 Å². The zero-order chi connectivity index (χ0) is 13.1. The van der Waals surface area contributed by atoms with Gasteiger partial charge in [-0.15, -0.1) is 0 Å². The van der Waals surface area contributed by atoms with Crippen LogP contribution in [0.15, 0.2) is 0 Å². The van der Waals surface area contributed by atoms with Crippen LogP contribution in [-0.4, -0.2) is 18.8 Å². The molecular formula is C15H26BO2. The van der Waals surface area contributed by atoms with Gasteiger partial charge in [-0.1, -0.05) is 27.7 Å². The first-order valence-electron chi connectivity index (χ1n) is 7.50. The minimum absolute atomic E-state index is 0.0452. The van der Waals surface area contributed by atoms with Crippen LogP contribution in [0.1, 0.15) is 53.9 Å². The number of hydrogen-bond donors (Lipinski definition) is 0. The van der Waals surface area contributed by atoms with E-state index < -0.39 is 0 Å². The second kappa shape index (κ2) is 3.99. The van der Waals surface area contributed by atoms with Crippen molar-refractivity contribution < 1.29 is 9.31 Å². The Hall–Kier alpha value is -0.0151. The molecule has 0 spiro atoms. The van der Waals surface area contributed by atoms with Crippen LogP contribution >= 0.6 is 0 Å². The normalized spacial score (nSPS) is 45.0. The SMILES string of the molecule is CC(C)C[CH]B1O[C@@H]2C[C@@H]3C[C@@H](C3(C)C)[C@]2(C)O1. The second-order valence-corrected chi connectivity index (χ2v) is 7.70. The molecule has 0 aromatic heterocycles. The Morgan fingerprint density at radius 1 is 1.28 bits per heavy atom. The summed E-state index contributed by atoms with van der Waals surface area (Å²) >= 11 is 0. The van der Waals surface area contributed by atoms with E-state index in [4.69, 9.17) is 9.31 Å². The molecule has 2 nitrogen and oxygen atoms in total. The maximum atomic E-state index is 6.31. The zero-order valence-corrected chi connectivity index (χ0v) is 12.4. The molecule has 0 N–H and O–H groups in total. The first-order chi connectivity index (χ1) is 8.34. The summed E-state index contributed by atoms with van der Waals surface area (Å²) in [5.74, 6) is 2.19. The molecule has 2 bridgehead atoms. The van der Waals surface area contributed by atoms with Crippen molar-refractivity contribution in [2.45, 2.75) is 65.6 Å². The summed E-state index contributed by atoms with van der Waals surface area (Å²) in [6.45, 7) is 11.6. The van der Waals surface area contributed by atoms with Gasteiger partial charge < -0.3 is 9.31 Å². The highest BCUT2D eigenvalue weighted by molar-refractivity contribution is 6.49. The molecule has 0 aromatic carbocycles. The van der Waals surface area contributed by atoms with Crippen molar-refractivity contribution in [3.05, 3.63) is 6.32 Å². The van der Waals surface area contributed by atoms with Gasteiger partial charge in [0.2, 0.25) is 0 Å². The molecule has 4 fully saturated rings. The molecule has 1 aliphatic heterocycles. The van der Waals surface area contributed by atoms with Gasteiger partial charge in [-0.3, -0.25) is 0 Å². The van der Waals surface area contributed by atoms with Crippen LogP contribution in [0.4, 0.5) is 0 Å². The summed E-state index contributed by atoms with van der Waals surface area (Å²) in [4.78, 5) is 0. The first-order valence-corrected chi connectivity index (χ1v) is 7.50. The molecule has 0 unspecified atom stereocenters. The third-order valence-electron chi connectivity index (χ3n) is 5.77. The van der Waals surface area contributed by atoms with Gasteiger partial charge in [-0.25, -0.2) is 0 Å². The van der Waals surface area contributed by atoms with Crippen molar-refractivity contribution in [3.8, 4) is 0 Å². The molecule has 0 aromatic rings. The van der Waals surface area contributed by atoms with E-state index in [1.807, 2.05) is 0 Å². The van der Waals surface area contributed by atoms with Crippen LogP contribution in [-0.2, 0) is 9.31 Å². The molecule has 0 amide bonds. The van der Waals surface area contributed by atoms with Gasteiger partial charge in [0.05, 0.1) is 11.7 Å². The molecule has 4 rings (SSSR count). The van der Waals surface area contributed by atoms with Crippen molar-refractivity contribution in [1.29, 1.82) is 0 Å². The van der Waals surface area contributed by atoms with Crippen molar-refractivity contribution >= 4 is 7.12 Å². The summed E-state index contributed by atoms with van der Waals surface area (Å²) < 4.78 is 12.4. The summed E-state index contributed by atoms with van der Waals surface area (Å²) in [5.41, 5.74) is 0.401. The van der Waals surface area contributed by atoms with Crippen LogP contribution in [0.5, 0.6) is 0 Å². The number of hydrogen-bond acceptors (Lipinski definition) is 2. The Morgan fingerprint density at radius 3 is 2.61 bits per heavy atom. The lowest BCUT2D eigenvalue weighted by atomic mass is 9.43. The first kappa shape index (κ1) is 13.0. The molecule has 3 saturated carbocycles. The Balaban J connectivity index is 1.69. The highest BCUT2D eigenvalue weighted by atomic mass is 16.7. The lowest BCUT2D eigenvalue weighted by Crippen LogP contribution is -2.65. The van der Waals surface area contributed by atoms with Gasteiger partial charge in [0.15, 0.2) is 0 Å². The molecular weight excluding hydrogens is 223 g/mol. The predicted molar refractivity (Wildman–Crippen MR) is 73.9 cm³/mol. The van der Waals surface area contributed by atoms with E-state index in [-0.39, 0.29) is 12.7 Å². The average molecular weight is 249 g/mol. The Labute approximate surface area is 112 Å². The average Bonchev–Trinajstić information content (AvgIpc) is 2.61. The minimum atomic E-state index is -0.0717. The molecule has 4 aliphatic rings.